The average Bonchev–Trinajstić information content (AvgIpc) is 2.68. The summed E-state index contributed by atoms with van der Waals surface area (Å²) >= 11 is 6.32. The molecule has 1 saturated carbocycles. The molecule has 2 aromatic rings. The summed E-state index contributed by atoms with van der Waals surface area (Å²) in [6.07, 6.45) is 8.94. The minimum Gasteiger partial charge on any atom is -0.0996 e. The zero-order valence-electron chi connectivity index (χ0n) is 14.4. The fourth-order valence-electron chi connectivity index (χ4n) is 3.76. The van der Waals surface area contributed by atoms with Gasteiger partial charge >= 0.3 is 0 Å². The van der Waals surface area contributed by atoms with E-state index in [0.717, 1.165) is 18.5 Å². The fourth-order valence-corrected chi connectivity index (χ4v) is 7.49. The maximum atomic E-state index is 6.32. The first-order valence-corrected chi connectivity index (χ1v) is 12.1. The summed E-state index contributed by atoms with van der Waals surface area (Å²) in [6.45, 7) is 4.44. The molecular formula is C22H27PS. The van der Waals surface area contributed by atoms with Crippen molar-refractivity contribution in [3.05, 3.63) is 72.8 Å². The van der Waals surface area contributed by atoms with Crippen molar-refractivity contribution in [2.75, 3.05) is 6.16 Å². The predicted octanol–water partition coefficient (Wildman–Crippen LogP) is 5.64. The molecule has 0 nitrogen and oxygen atoms in total. The lowest BCUT2D eigenvalue weighted by Crippen LogP contribution is -2.19. The smallest absolute Gasteiger partial charge is 0.0109 e. The van der Waals surface area contributed by atoms with Gasteiger partial charge < -0.3 is 0 Å². The SMILES string of the molecule is C=C(CCP(=S)(c1ccccc1)c1ccccc1)C1CCCCC1. The Kier molecular flexibility index (Phi) is 6.09. The van der Waals surface area contributed by atoms with Crippen LogP contribution in [-0.2, 0) is 11.8 Å². The standard InChI is InChI=1S/C22H27PS/c1-19(20-11-5-2-6-12-20)17-18-23(24,21-13-7-3-8-14-21)22-15-9-4-10-16-22/h3-4,7-10,13-16,20H,1-2,5-6,11-12,17-18H2. The summed E-state index contributed by atoms with van der Waals surface area (Å²) in [5.74, 6) is 0.730. The molecule has 1 fully saturated rings. The van der Waals surface area contributed by atoms with Crippen LogP contribution in [0.15, 0.2) is 72.8 Å². The van der Waals surface area contributed by atoms with Gasteiger partial charge in [0.15, 0.2) is 0 Å². The second-order valence-corrected chi connectivity index (χ2v) is 11.7. The van der Waals surface area contributed by atoms with Gasteiger partial charge in [0.25, 0.3) is 0 Å². The highest BCUT2D eigenvalue weighted by molar-refractivity contribution is 8.21. The molecule has 3 rings (SSSR count). The van der Waals surface area contributed by atoms with Crippen molar-refractivity contribution >= 4 is 28.5 Å². The van der Waals surface area contributed by atoms with Gasteiger partial charge in [-0.25, -0.2) is 0 Å². The Bertz CT molecular complexity index is 656. The zero-order chi connectivity index (χ0) is 16.8. The third-order valence-electron chi connectivity index (χ3n) is 5.28. The van der Waals surface area contributed by atoms with Crippen LogP contribution in [0.3, 0.4) is 0 Å². The van der Waals surface area contributed by atoms with Gasteiger partial charge in [-0.1, -0.05) is 104 Å². The van der Waals surface area contributed by atoms with Gasteiger partial charge in [0.2, 0.25) is 0 Å². The topological polar surface area (TPSA) is 0 Å². The van der Waals surface area contributed by atoms with Crippen LogP contribution in [0.5, 0.6) is 0 Å². The van der Waals surface area contributed by atoms with Crippen molar-refractivity contribution in [3.8, 4) is 0 Å². The molecule has 0 radical (unpaired) electrons. The first kappa shape index (κ1) is 17.6. The van der Waals surface area contributed by atoms with Crippen molar-refractivity contribution < 1.29 is 0 Å². The van der Waals surface area contributed by atoms with Crippen LogP contribution in [0.2, 0.25) is 0 Å². The van der Waals surface area contributed by atoms with Crippen LogP contribution in [0.1, 0.15) is 38.5 Å². The molecular weight excluding hydrogens is 327 g/mol. The van der Waals surface area contributed by atoms with E-state index in [1.54, 1.807) is 0 Å². The van der Waals surface area contributed by atoms with Crippen LogP contribution >= 0.6 is 6.04 Å². The van der Waals surface area contributed by atoms with E-state index in [1.165, 1.54) is 48.3 Å². The maximum Gasteiger partial charge on any atom is 0.0109 e. The fraction of sp³-hybridized carbons (Fsp3) is 0.364. The molecule has 126 valence electrons. The third kappa shape index (κ3) is 4.08. The first-order chi connectivity index (χ1) is 11.7. The lowest BCUT2D eigenvalue weighted by Gasteiger charge is -2.27. The molecule has 0 spiro atoms. The quantitative estimate of drug-likeness (QED) is 0.477. The van der Waals surface area contributed by atoms with Crippen molar-refractivity contribution in [3.63, 3.8) is 0 Å². The van der Waals surface area contributed by atoms with E-state index in [2.05, 4.69) is 67.2 Å². The Morgan fingerprint density at radius 1 is 0.875 bits per heavy atom. The molecule has 0 aliphatic heterocycles. The van der Waals surface area contributed by atoms with Gasteiger partial charge in [-0.05, 0) is 42.0 Å². The van der Waals surface area contributed by atoms with E-state index >= 15 is 0 Å². The number of hydrogen-bond acceptors (Lipinski definition) is 1. The van der Waals surface area contributed by atoms with Crippen LogP contribution in [-0.4, -0.2) is 6.16 Å². The second-order valence-electron chi connectivity index (χ2n) is 6.88. The van der Waals surface area contributed by atoms with E-state index in [9.17, 15) is 0 Å². The van der Waals surface area contributed by atoms with E-state index < -0.39 is 6.04 Å². The van der Waals surface area contributed by atoms with Crippen LogP contribution < -0.4 is 10.6 Å². The van der Waals surface area contributed by atoms with Crippen molar-refractivity contribution in [1.29, 1.82) is 0 Å². The minimum atomic E-state index is -1.76. The van der Waals surface area contributed by atoms with Gasteiger partial charge in [-0.15, -0.1) is 0 Å². The Hall–Kier alpha value is -1.17. The Morgan fingerprint density at radius 2 is 1.38 bits per heavy atom. The molecule has 0 aromatic heterocycles. The summed E-state index contributed by atoms with van der Waals surface area (Å²) in [5.41, 5.74) is 1.44. The molecule has 0 N–H and O–H groups in total. The molecule has 0 heterocycles. The predicted molar refractivity (Wildman–Crippen MR) is 112 cm³/mol. The van der Waals surface area contributed by atoms with E-state index in [0.29, 0.717) is 0 Å². The minimum absolute atomic E-state index is 0.730. The first-order valence-electron chi connectivity index (χ1n) is 9.08. The lowest BCUT2D eigenvalue weighted by molar-refractivity contribution is 0.398. The number of rotatable bonds is 6. The van der Waals surface area contributed by atoms with Gasteiger partial charge in [-0.2, -0.15) is 0 Å². The molecule has 0 bridgehead atoms. The third-order valence-corrected chi connectivity index (χ3v) is 10.2. The summed E-state index contributed by atoms with van der Waals surface area (Å²) in [4.78, 5) is 0. The van der Waals surface area contributed by atoms with Gasteiger partial charge in [0.1, 0.15) is 0 Å². The second kappa shape index (κ2) is 8.28. The molecule has 2 heteroatoms. The average molecular weight is 354 g/mol. The highest BCUT2D eigenvalue weighted by Crippen LogP contribution is 2.46. The van der Waals surface area contributed by atoms with Crippen molar-refractivity contribution in [1.82, 2.24) is 0 Å². The molecule has 0 atom stereocenters. The van der Waals surface area contributed by atoms with Crippen molar-refractivity contribution in [2.24, 2.45) is 5.92 Å². The van der Waals surface area contributed by atoms with Crippen LogP contribution in [0.4, 0.5) is 0 Å². The van der Waals surface area contributed by atoms with Crippen LogP contribution in [0, 0.1) is 5.92 Å². The Labute approximate surface area is 152 Å². The molecule has 0 unspecified atom stereocenters. The molecule has 1 aliphatic rings. The molecule has 0 amide bonds. The number of allylic oxidation sites excluding steroid dienone is 1. The number of benzene rings is 2. The molecule has 1 aliphatic carbocycles. The monoisotopic (exact) mass is 354 g/mol. The van der Waals surface area contributed by atoms with Gasteiger partial charge in [-0.3, -0.25) is 0 Å². The Balaban J connectivity index is 1.81. The lowest BCUT2D eigenvalue weighted by atomic mass is 9.83. The summed E-state index contributed by atoms with van der Waals surface area (Å²) in [5, 5.41) is 2.67. The van der Waals surface area contributed by atoms with E-state index in [1.807, 2.05) is 0 Å². The van der Waals surface area contributed by atoms with Gasteiger partial charge in [0, 0.05) is 6.04 Å². The number of hydrogen-bond donors (Lipinski definition) is 0. The van der Waals surface area contributed by atoms with E-state index in [-0.39, 0.29) is 0 Å². The summed E-state index contributed by atoms with van der Waals surface area (Å²) in [6, 6.07) is 19.8. The molecule has 2 aromatic carbocycles. The highest BCUT2D eigenvalue weighted by Gasteiger charge is 2.24. The largest absolute Gasteiger partial charge is 0.0996 e. The molecule has 24 heavy (non-hydrogen) atoms. The zero-order valence-corrected chi connectivity index (χ0v) is 16.1. The maximum absolute atomic E-state index is 6.32. The van der Waals surface area contributed by atoms with Gasteiger partial charge in [0.05, 0.1) is 0 Å². The highest BCUT2D eigenvalue weighted by atomic mass is 32.4. The summed E-state index contributed by atoms with van der Waals surface area (Å²) in [7, 11) is 0. The molecule has 0 saturated heterocycles. The normalized spacial score (nSPS) is 16.0. The summed E-state index contributed by atoms with van der Waals surface area (Å²) < 4.78 is 0. The van der Waals surface area contributed by atoms with E-state index in [4.69, 9.17) is 11.8 Å². The van der Waals surface area contributed by atoms with Crippen molar-refractivity contribution in [2.45, 2.75) is 38.5 Å². The Morgan fingerprint density at radius 3 is 1.88 bits per heavy atom. The van der Waals surface area contributed by atoms with Crippen LogP contribution in [0.25, 0.3) is 0 Å².